The topological polar surface area (TPSA) is 62.7 Å². The first-order valence-corrected chi connectivity index (χ1v) is 6.21. The van der Waals surface area contributed by atoms with Crippen molar-refractivity contribution in [3.05, 3.63) is 41.0 Å². The first-order valence-electron chi connectivity index (χ1n) is 4.84. The van der Waals surface area contributed by atoms with E-state index in [-0.39, 0.29) is 6.42 Å². The van der Waals surface area contributed by atoms with Crippen molar-refractivity contribution in [3.8, 4) is 6.07 Å². The third-order valence-electron chi connectivity index (χ3n) is 1.90. The molecule has 0 N–H and O–H groups in total. The minimum Gasteiger partial charge on any atom is -0.338 e. The van der Waals surface area contributed by atoms with E-state index in [0.29, 0.717) is 22.5 Å². The first-order chi connectivity index (χ1) is 8.28. The van der Waals surface area contributed by atoms with Crippen LogP contribution in [0.25, 0.3) is 0 Å². The predicted molar refractivity (Wildman–Crippen MR) is 64.6 cm³/mol. The molecule has 0 spiro atoms. The number of hydrogen-bond acceptors (Lipinski definition) is 5. The van der Waals surface area contributed by atoms with Crippen LogP contribution in [0.1, 0.15) is 11.7 Å². The van der Waals surface area contributed by atoms with Crippen LogP contribution in [-0.4, -0.2) is 10.1 Å². The summed E-state index contributed by atoms with van der Waals surface area (Å²) in [5.74, 6) is 1.53. The molecule has 6 heteroatoms. The highest BCUT2D eigenvalue weighted by Crippen LogP contribution is 2.24. The number of benzene rings is 1. The maximum absolute atomic E-state index is 8.47. The molecule has 1 aromatic heterocycles. The molecule has 2 aromatic rings. The number of halogens is 1. The van der Waals surface area contributed by atoms with Gasteiger partial charge < -0.3 is 4.52 Å². The Bertz CT molecular complexity index is 550. The molecule has 17 heavy (non-hydrogen) atoms. The van der Waals surface area contributed by atoms with Crippen LogP contribution in [0, 0.1) is 11.3 Å². The summed E-state index contributed by atoms with van der Waals surface area (Å²) in [6, 6.07) is 9.52. The lowest BCUT2D eigenvalue weighted by Gasteiger charge is -1.98. The molecule has 0 radical (unpaired) electrons. The molecule has 1 heterocycles. The molecule has 0 bridgehead atoms. The van der Waals surface area contributed by atoms with Crippen LogP contribution in [0.2, 0.25) is 5.02 Å². The van der Waals surface area contributed by atoms with Crippen LogP contribution < -0.4 is 0 Å². The van der Waals surface area contributed by atoms with E-state index < -0.39 is 0 Å². The van der Waals surface area contributed by atoms with E-state index >= 15 is 0 Å². The van der Waals surface area contributed by atoms with Crippen molar-refractivity contribution in [2.45, 2.75) is 17.1 Å². The second-order valence-electron chi connectivity index (χ2n) is 3.19. The molecule has 0 aliphatic carbocycles. The Hall–Kier alpha value is -1.51. The van der Waals surface area contributed by atoms with Crippen molar-refractivity contribution in [3.63, 3.8) is 0 Å². The highest BCUT2D eigenvalue weighted by atomic mass is 35.5. The van der Waals surface area contributed by atoms with E-state index in [1.807, 2.05) is 30.3 Å². The normalized spacial score (nSPS) is 10.1. The molecule has 0 aliphatic rings. The van der Waals surface area contributed by atoms with E-state index in [4.69, 9.17) is 21.4 Å². The Labute approximate surface area is 108 Å². The SMILES string of the molecule is N#CCc1nc(CSc2cccc(Cl)c2)no1. The summed E-state index contributed by atoms with van der Waals surface area (Å²) in [7, 11) is 0. The van der Waals surface area contributed by atoms with Crippen LogP contribution >= 0.6 is 23.4 Å². The minimum atomic E-state index is 0.148. The van der Waals surface area contributed by atoms with Crippen molar-refractivity contribution in [1.82, 2.24) is 10.1 Å². The van der Waals surface area contributed by atoms with Crippen LogP contribution in [0.3, 0.4) is 0 Å². The molecule has 0 saturated heterocycles. The maximum Gasteiger partial charge on any atom is 0.240 e. The molecule has 4 nitrogen and oxygen atoms in total. The standard InChI is InChI=1S/C11H8ClN3OS/c12-8-2-1-3-9(6-8)17-7-10-14-11(4-5-13)16-15-10/h1-3,6H,4,7H2. The van der Waals surface area contributed by atoms with Crippen molar-refractivity contribution < 1.29 is 4.52 Å². The Morgan fingerprint density at radius 3 is 3.12 bits per heavy atom. The summed E-state index contributed by atoms with van der Waals surface area (Å²) in [4.78, 5) is 5.13. The molecular formula is C11H8ClN3OS. The lowest BCUT2D eigenvalue weighted by Crippen LogP contribution is -1.85. The second kappa shape index (κ2) is 5.71. The van der Waals surface area contributed by atoms with Gasteiger partial charge >= 0.3 is 0 Å². The third kappa shape index (κ3) is 3.48. The zero-order chi connectivity index (χ0) is 12.1. The molecule has 1 aromatic carbocycles. The molecule has 0 saturated carbocycles. The molecule has 86 valence electrons. The van der Waals surface area contributed by atoms with Gasteiger partial charge in [0.15, 0.2) is 5.82 Å². The van der Waals surface area contributed by atoms with Gasteiger partial charge in [0.25, 0.3) is 0 Å². The predicted octanol–water partition coefficient (Wildman–Crippen LogP) is 3.08. The molecule has 0 amide bonds. The number of thioether (sulfide) groups is 1. The number of aromatic nitrogens is 2. The Kier molecular flexibility index (Phi) is 4.02. The summed E-state index contributed by atoms with van der Waals surface area (Å²) in [6.07, 6.45) is 0.148. The molecule has 0 unspecified atom stereocenters. The fourth-order valence-electron chi connectivity index (χ4n) is 1.19. The highest BCUT2D eigenvalue weighted by molar-refractivity contribution is 7.98. The van der Waals surface area contributed by atoms with Gasteiger partial charge in [-0.25, -0.2) is 0 Å². The average Bonchev–Trinajstić information content (AvgIpc) is 2.75. The van der Waals surface area contributed by atoms with Gasteiger partial charge in [0.2, 0.25) is 5.89 Å². The largest absolute Gasteiger partial charge is 0.338 e. The molecule has 0 fully saturated rings. The van der Waals surface area contributed by atoms with Gasteiger partial charge in [-0.05, 0) is 18.2 Å². The monoisotopic (exact) mass is 265 g/mol. The summed E-state index contributed by atoms with van der Waals surface area (Å²) < 4.78 is 4.89. The zero-order valence-electron chi connectivity index (χ0n) is 8.76. The van der Waals surface area contributed by atoms with Gasteiger partial charge in [0.1, 0.15) is 6.42 Å². The third-order valence-corrected chi connectivity index (χ3v) is 3.13. The Balaban J connectivity index is 1.95. The second-order valence-corrected chi connectivity index (χ2v) is 4.67. The fraction of sp³-hybridized carbons (Fsp3) is 0.182. The zero-order valence-corrected chi connectivity index (χ0v) is 10.3. The Morgan fingerprint density at radius 2 is 2.35 bits per heavy atom. The van der Waals surface area contributed by atoms with Gasteiger partial charge in [0.05, 0.1) is 11.8 Å². The number of rotatable bonds is 4. The van der Waals surface area contributed by atoms with Crippen LogP contribution in [0.15, 0.2) is 33.7 Å². The lowest BCUT2D eigenvalue weighted by molar-refractivity contribution is 0.383. The first kappa shape index (κ1) is 12.0. The fourth-order valence-corrected chi connectivity index (χ4v) is 2.25. The lowest BCUT2D eigenvalue weighted by atomic mass is 10.4. The molecule has 0 aliphatic heterocycles. The minimum absolute atomic E-state index is 0.148. The summed E-state index contributed by atoms with van der Waals surface area (Å²) in [5, 5.41) is 13.0. The average molecular weight is 266 g/mol. The van der Waals surface area contributed by atoms with Gasteiger partial charge in [-0.15, -0.1) is 11.8 Å². The smallest absolute Gasteiger partial charge is 0.240 e. The van der Waals surface area contributed by atoms with Crippen LogP contribution in [0.5, 0.6) is 0 Å². The van der Waals surface area contributed by atoms with E-state index in [1.54, 1.807) is 11.8 Å². The van der Waals surface area contributed by atoms with Crippen molar-refractivity contribution in [1.29, 1.82) is 5.26 Å². The van der Waals surface area contributed by atoms with E-state index in [0.717, 1.165) is 4.90 Å². The van der Waals surface area contributed by atoms with Crippen LogP contribution in [-0.2, 0) is 12.2 Å². The number of nitrogens with zero attached hydrogens (tertiary/aromatic N) is 3. The summed E-state index contributed by atoms with van der Waals surface area (Å²) >= 11 is 7.44. The van der Waals surface area contributed by atoms with Gasteiger partial charge in [0, 0.05) is 9.92 Å². The number of nitriles is 1. The van der Waals surface area contributed by atoms with Crippen molar-refractivity contribution in [2.75, 3.05) is 0 Å². The molecule has 2 rings (SSSR count). The van der Waals surface area contributed by atoms with Gasteiger partial charge in [-0.1, -0.05) is 22.8 Å². The van der Waals surface area contributed by atoms with Crippen LogP contribution in [0.4, 0.5) is 0 Å². The van der Waals surface area contributed by atoms with Crippen molar-refractivity contribution in [2.24, 2.45) is 0 Å². The highest BCUT2D eigenvalue weighted by Gasteiger charge is 2.06. The van der Waals surface area contributed by atoms with Gasteiger partial charge in [-0.2, -0.15) is 10.2 Å². The molecule has 0 atom stereocenters. The quantitative estimate of drug-likeness (QED) is 0.795. The molecular weight excluding hydrogens is 258 g/mol. The maximum atomic E-state index is 8.47. The van der Waals surface area contributed by atoms with Gasteiger partial charge in [-0.3, -0.25) is 0 Å². The van der Waals surface area contributed by atoms with E-state index in [1.165, 1.54) is 0 Å². The van der Waals surface area contributed by atoms with Crippen molar-refractivity contribution >= 4 is 23.4 Å². The van der Waals surface area contributed by atoms with E-state index in [9.17, 15) is 0 Å². The summed E-state index contributed by atoms with van der Waals surface area (Å²) in [6.45, 7) is 0. The number of hydrogen-bond donors (Lipinski definition) is 0. The van der Waals surface area contributed by atoms with E-state index in [2.05, 4.69) is 10.1 Å². The Morgan fingerprint density at radius 1 is 1.47 bits per heavy atom. The summed E-state index contributed by atoms with van der Waals surface area (Å²) in [5.41, 5.74) is 0.